The Labute approximate surface area is 107 Å². The fourth-order valence-electron chi connectivity index (χ4n) is 2.16. The number of fused-ring (bicyclic) bond motifs is 1. The van der Waals surface area contributed by atoms with E-state index in [0.29, 0.717) is 6.04 Å². The van der Waals surface area contributed by atoms with E-state index in [1.165, 1.54) is 22.8 Å². The van der Waals surface area contributed by atoms with Crippen LogP contribution in [0.2, 0.25) is 0 Å². The molecule has 0 spiro atoms. The lowest BCUT2D eigenvalue weighted by Gasteiger charge is -2.28. The van der Waals surface area contributed by atoms with E-state index in [-0.39, 0.29) is 12.4 Å². The number of ether oxygens (including phenoxy) is 1. The third-order valence-electron chi connectivity index (χ3n) is 3.30. The number of rotatable bonds is 2. The monoisotopic (exact) mass is 249 g/mol. The molecule has 1 aliphatic heterocycles. The second-order valence-electron chi connectivity index (χ2n) is 4.27. The summed E-state index contributed by atoms with van der Waals surface area (Å²) in [6, 6.07) is 13.4. The van der Waals surface area contributed by atoms with E-state index in [9.17, 15) is 0 Å². The average Bonchev–Trinajstić information content (AvgIpc) is 2.26. The Hall–Kier alpha value is -1.25. The van der Waals surface area contributed by atoms with Gasteiger partial charge in [-0.2, -0.15) is 0 Å². The van der Waals surface area contributed by atoms with Crippen molar-refractivity contribution in [3.8, 4) is 5.75 Å². The van der Waals surface area contributed by atoms with Crippen LogP contribution in [-0.2, 0) is 0 Å². The molecule has 1 N–H and O–H groups in total. The van der Waals surface area contributed by atoms with Crippen molar-refractivity contribution < 1.29 is 4.74 Å². The first-order valence-corrected chi connectivity index (χ1v) is 5.68. The van der Waals surface area contributed by atoms with Crippen LogP contribution in [0.3, 0.4) is 0 Å². The SMILES string of the molecule is COc1ccc2cc([C@H]3CCN3)ccc2c1.Cl. The molecule has 0 radical (unpaired) electrons. The van der Waals surface area contributed by atoms with Gasteiger partial charge < -0.3 is 10.1 Å². The van der Waals surface area contributed by atoms with Gasteiger partial charge in [-0.05, 0) is 47.5 Å². The van der Waals surface area contributed by atoms with Gasteiger partial charge in [-0.15, -0.1) is 12.4 Å². The van der Waals surface area contributed by atoms with Crippen molar-refractivity contribution in [1.29, 1.82) is 0 Å². The summed E-state index contributed by atoms with van der Waals surface area (Å²) in [5, 5.41) is 5.95. The van der Waals surface area contributed by atoms with Gasteiger partial charge in [0.1, 0.15) is 5.75 Å². The van der Waals surface area contributed by atoms with Gasteiger partial charge in [0, 0.05) is 6.04 Å². The summed E-state index contributed by atoms with van der Waals surface area (Å²) >= 11 is 0. The fourth-order valence-corrected chi connectivity index (χ4v) is 2.16. The predicted molar refractivity (Wildman–Crippen MR) is 73.1 cm³/mol. The Balaban J connectivity index is 0.00000108. The topological polar surface area (TPSA) is 21.3 Å². The van der Waals surface area contributed by atoms with Gasteiger partial charge in [0.05, 0.1) is 7.11 Å². The van der Waals surface area contributed by atoms with Crippen LogP contribution in [0.25, 0.3) is 10.8 Å². The molecule has 90 valence electrons. The highest BCUT2D eigenvalue weighted by Crippen LogP contribution is 2.27. The third-order valence-corrected chi connectivity index (χ3v) is 3.30. The Morgan fingerprint density at radius 3 is 2.47 bits per heavy atom. The van der Waals surface area contributed by atoms with Gasteiger partial charge in [-0.1, -0.05) is 18.2 Å². The molecule has 2 aromatic rings. The first kappa shape index (κ1) is 12.2. The Morgan fingerprint density at radius 2 is 1.82 bits per heavy atom. The van der Waals surface area contributed by atoms with Gasteiger partial charge >= 0.3 is 0 Å². The molecule has 1 heterocycles. The first-order valence-electron chi connectivity index (χ1n) is 5.68. The van der Waals surface area contributed by atoms with Crippen LogP contribution in [-0.4, -0.2) is 13.7 Å². The lowest BCUT2D eigenvalue weighted by atomic mass is 9.95. The van der Waals surface area contributed by atoms with Crippen molar-refractivity contribution in [2.75, 3.05) is 13.7 Å². The minimum atomic E-state index is 0. The molecule has 1 saturated heterocycles. The van der Waals surface area contributed by atoms with Gasteiger partial charge in [-0.3, -0.25) is 0 Å². The van der Waals surface area contributed by atoms with E-state index in [2.05, 4.69) is 35.6 Å². The molecular formula is C14H16ClNO. The molecule has 0 saturated carbocycles. The van der Waals surface area contributed by atoms with Crippen LogP contribution in [0, 0.1) is 0 Å². The van der Waals surface area contributed by atoms with Crippen molar-refractivity contribution in [1.82, 2.24) is 5.32 Å². The molecule has 3 heteroatoms. The maximum atomic E-state index is 5.22. The number of nitrogens with one attached hydrogen (secondary N) is 1. The largest absolute Gasteiger partial charge is 0.497 e. The van der Waals surface area contributed by atoms with Crippen LogP contribution in [0.4, 0.5) is 0 Å². The Kier molecular flexibility index (Phi) is 3.55. The zero-order chi connectivity index (χ0) is 11.0. The highest BCUT2D eigenvalue weighted by atomic mass is 35.5. The highest BCUT2D eigenvalue weighted by Gasteiger charge is 2.18. The lowest BCUT2D eigenvalue weighted by Crippen LogP contribution is -2.34. The molecule has 0 amide bonds. The van der Waals surface area contributed by atoms with Crippen LogP contribution in [0.15, 0.2) is 36.4 Å². The molecule has 0 unspecified atom stereocenters. The van der Waals surface area contributed by atoms with Crippen LogP contribution in [0.1, 0.15) is 18.0 Å². The van der Waals surface area contributed by atoms with Crippen LogP contribution in [0.5, 0.6) is 5.75 Å². The zero-order valence-electron chi connectivity index (χ0n) is 9.77. The summed E-state index contributed by atoms with van der Waals surface area (Å²) < 4.78 is 5.22. The van der Waals surface area contributed by atoms with Crippen molar-refractivity contribution >= 4 is 23.2 Å². The highest BCUT2D eigenvalue weighted by molar-refractivity contribution is 5.85. The maximum absolute atomic E-state index is 5.22. The van der Waals surface area contributed by atoms with Crippen LogP contribution < -0.4 is 10.1 Å². The average molecular weight is 250 g/mol. The van der Waals surface area contributed by atoms with E-state index in [0.717, 1.165) is 12.3 Å². The molecular weight excluding hydrogens is 234 g/mol. The maximum Gasteiger partial charge on any atom is 0.119 e. The molecule has 17 heavy (non-hydrogen) atoms. The Bertz CT molecular complexity index is 523. The molecule has 0 aliphatic carbocycles. The molecule has 0 bridgehead atoms. The zero-order valence-corrected chi connectivity index (χ0v) is 10.6. The quantitative estimate of drug-likeness (QED) is 0.882. The van der Waals surface area contributed by atoms with Gasteiger partial charge in [0.15, 0.2) is 0 Å². The molecule has 1 atom stereocenters. The Morgan fingerprint density at radius 1 is 1.12 bits per heavy atom. The second kappa shape index (κ2) is 4.94. The third kappa shape index (κ3) is 2.24. The van der Waals surface area contributed by atoms with E-state index < -0.39 is 0 Å². The minimum Gasteiger partial charge on any atom is -0.497 e. The molecule has 3 rings (SSSR count). The van der Waals surface area contributed by atoms with Crippen molar-refractivity contribution in [3.63, 3.8) is 0 Å². The standard InChI is InChI=1S/C14H15NO.ClH/c1-16-13-5-4-10-8-12(14-6-7-15-14)3-2-11(10)9-13;/h2-5,8-9,14-15H,6-7H2,1H3;1H/t14-;/m1./s1. The van der Waals surface area contributed by atoms with E-state index in [1.807, 2.05) is 6.07 Å². The number of methoxy groups -OCH3 is 1. The smallest absolute Gasteiger partial charge is 0.119 e. The van der Waals surface area contributed by atoms with Crippen molar-refractivity contribution in [2.45, 2.75) is 12.5 Å². The fraction of sp³-hybridized carbons (Fsp3) is 0.286. The summed E-state index contributed by atoms with van der Waals surface area (Å²) in [5.74, 6) is 0.919. The molecule has 2 nitrogen and oxygen atoms in total. The molecule has 2 aromatic carbocycles. The number of hydrogen-bond acceptors (Lipinski definition) is 2. The molecule has 1 aliphatic rings. The van der Waals surface area contributed by atoms with Gasteiger partial charge in [0.25, 0.3) is 0 Å². The van der Waals surface area contributed by atoms with Crippen molar-refractivity contribution in [3.05, 3.63) is 42.0 Å². The molecule has 1 fully saturated rings. The van der Waals surface area contributed by atoms with E-state index >= 15 is 0 Å². The number of halogens is 1. The normalized spacial score (nSPS) is 18.3. The van der Waals surface area contributed by atoms with Crippen molar-refractivity contribution in [2.24, 2.45) is 0 Å². The summed E-state index contributed by atoms with van der Waals surface area (Å²) in [5.41, 5.74) is 1.39. The second-order valence-corrected chi connectivity index (χ2v) is 4.27. The van der Waals surface area contributed by atoms with E-state index in [4.69, 9.17) is 4.74 Å². The number of hydrogen-bond donors (Lipinski definition) is 1. The first-order chi connectivity index (χ1) is 7.86. The summed E-state index contributed by atoms with van der Waals surface area (Å²) in [6.45, 7) is 1.14. The lowest BCUT2D eigenvalue weighted by molar-refractivity contribution is 0.383. The molecule has 0 aromatic heterocycles. The summed E-state index contributed by atoms with van der Waals surface area (Å²) in [7, 11) is 1.70. The minimum absolute atomic E-state index is 0. The van der Waals surface area contributed by atoms with Crippen LogP contribution >= 0.6 is 12.4 Å². The van der Waals surface area contributed by atoms with Gasteiger partial charge in [-0.25, -0.2) is 0 Å². The number of benzene rings is 2. The van der Waals surface area contributed by atoms with E-state index in [1.54, 1.807) is 7.11 Å². The van der Waals surface area contributed by atoms with Gasteiger partial charge in [0.2, 0.25) is 0 Å². The summed E-state index contributed by atoms with van der Waals surface area (Å²) in [6.07, 6.45) is 1.25. The summed E-state index contributed by atoms with van der Waals surface area (Å²) in [4.78, 5) is 0. The predicted octanol–water partition coefficient (Wildman–Crippen LogP) is 3.30.